The van der Waals surface area contributed by atoms with E-state index in [0.29, 0.717) is 17.6 Å². The Morgan fingerprint density at radius 2 is 1.68 bits per heavy atom. The van der Waals surface area contributed by atoms with E-state index in [-0.39, 0.29) is 0 Å². The molecule has 2 nitrogen and oxygen atoms in total. The highest BCUT2D eigenvalue weighted by Gasteiger charge is 2.27. The number of rotatable bonds is 3. The van der Waals surface area contributed by atoms with E-state index < -0.39 is 0 Å². The number of piperidine rings is 1. The molecule has 1 aromatic rings. The van der Waals surface area contributed by atoms with Gasteiger partial charge >= 0.3 is 0 Å². The van der Waals surface area contributed by atoms with Crippen LogP contribution in [0.15, 0.2) is 30.3 Å². The molecule has 2 rings (SSSR count). The van der Waals surface area contributed by atoms with Crippen LogP contribution in [0.1, 0.15) is 52.1 Å². The van der Waals surface area contributed by atoms with E-state index >= 15 is 0 Å². The predicted octanol–water partition coefficient (Wildman–Crippen LogP) is 3.60. The lowest BCUT2D eigenvalue weighted by molar-refractivity contribution is 0.0942. The van der Waals surface area contributed by atoms with Gasteiger partial charge in [0.1, 0.15) is 0 Å². The maximum atomic E-state index is 3.78. The molecule has 106 valence electrons. The summed E-state index contributed by atoms with van der Waals surface area (Å²) in [5.74, 6) is 0. The minimum absolute atomic E-state index is 0.315. The summed E-state index contributed by atoms with van der Waals surface area (Å²) in [7, 11) is 0. The molecule has 0 spiro atoms. The topological polar surface area (TPSA) is 15.3 Å². The van der Waals surface area contributed by atoms with E-state index in [0.717, 1.165) is 0 Å². The number of benzene rings is 1. The summed E-state index contributed by atoms with van der Waals surface area (Å²) in [4.78, 5) is 2.60. The fraction of sp³-hybridized carbons (Fsp3) is 0.647. The molecule has 1 fully saturated rings. The van der Waals surface area contributed by atoms with Crippen molar-refractivity contribution < 1.29 is 0 Å². The number of hydrogen-bond acceptors (Lipinski definition) is 2. The summed E-state index contributed by atoms with van der Waals surface area (Å²) < 4.78 is 0. The zero-order valence-corrected chi connectivity index (χ0v) is 12.8. The first-order valence-electron chi connectivity index (χ1n) is 7.53. The summed E-state index contributed by atoms with van der Waals surface area (Å²) in [6.45, 7) is 11.6. The van der Waals surface area contributed by atoms with E-state index in [1.807, 2.05) is 0 Å². The largest absolute Gasteiger partial charge is 0.307 e. The Morgan fingerprint density at radius 1 is 1.11 bits per heavy atom. The summed E-state index contributed by atoms with van der Waals surface area (Å²) in [6, 6.07) is 11.9. The van der Waals surface area contributed by atoms with Gasteiger partial charge < -0.3 is 5.32 Å². The molecule has 2 heteroatoms. The summed E-state index contributed by atoms with van der Waals surface area (Å²) in [5.41, 5.74) is 1.71. The molecular formula is C17H28N2. The van der Waals surface area contributed by atoms with Gasteiger partial charge in [0.2, 0.25) is 0 Å². The van der Waals surface area contributed by atoms with Crippen LogP contribution in [0.3, 0.4) is 0 Å². The average Bonchev–Trinajstić information content (AvgIpc) is 2.39. The molecule has 1 aliphatic heterocycles. The van der Waals surface area contributed by atoms with Gasteiger partial charge in [0.05, 0.1) is 0 Å². The van der Waals surface area contributed by atoms with Crippen molar-refractivity contribution in [3.05, 3.63) is 35.9 Å². The molecule has 1 aromatic carbocycles. The number of nitrogens with one attached hydrogen (secondary N) is 1. The van der Waals surface area contributed by atoms with Crippen molar-refractivity contribution in [2.45, 2.75) is 58.2 Å². The molecule has 1 heterocycles. The smallest absolute Gasteiger partial charge is 0.0294 e. The fourth-order valence-corrected chi connectivity index (χ4v) is 2.91. The second kappa shape index (κ2) is 6.06. The Bertz CT molecular complexity index is 372. The molecule has 1 aliphatic rings. The average molecular weight is 260 g/mol. The lowest BCUT2D eigenvalue weighted by atomic mass is 9.97. The zero-order valence-electron chi connectivity index (χ0n) is 12.8. The van der Waals surface area contributed by atoms with Gasteiger partial charge in [-0.3, -0.25) is 4.90 Å². The van der Waals surface area contributed by atoms with E-state index in [9.17, 15) is 0 Å². The molecule has 0 aromatic heterocycles. The molecule has 0 aliphatic carbocycles. The van der Waals surface area contributed by atoms with Gasteiger partial charge in [-0.15, -0.1) is 0 Å². The minimum atomic E-state index is 0.315. The first kappa shape index (κ1) is 14.5. The second-order valence-electron chi connectivity index (χ2n) is 6.73. The fourth-order valence-electron chi connectivity index (χ4n) is 2.91. The summed E-state index contributed by atoms with van der Waals surface area (Å²) in [5, 5.41) is 3.78. The van der Waals surface area contributed by atoms with Gasteiger partial charge in [0, 0.05) is 30.7 Å². The van der Waals surface area contributed by atoms with Crippen molar-refractivity contribution in [2.75, 3.05) is 13.1 Å². The van der Waals surface area contributed by atoms with Crippen LogP contribution in [0, 0.1) is 0 Å². The molecule has 19 heavy (non-hydrogen) atoms. The Labute approximate surface area is 118 Å². The van der Waals surface area contributed by atoms with Crippen LogP contribution in [0.2, 0.25) is 0 Å². The second-order valence-corrected chi connectivity index (χ2v) is 6.73. The molecule has 1 unspecified atom stereocenters. The predicted molar refractivity (Wildman–Crippen MR) is 82.3 cm³/mol. The first-order chi connectivity index (χ1) is 8.97. The molecule has 1 saturated heterocycles. The summed E-state index contributed by atoms with van der Waals surface area (Å²) in [6.07, 6.45) is 2.52. The third-order valence-corrected chi connectivity index (χ3v) is 4.23. The maximum absolute atomic E-state index is 3.78. The molecule has 1 N–H and O–H groups in total. The minimum Gasteiger partial charge on any atom is -0.307 e. The lowest BCUT2D eigenvalue weighted by Crippen LogP contribution is -2.50. The van der Waals surface area contributed by atoms with E-state index in [1.54, 1.807) is 0 Å². The molecule has 0 amide bonds. The zero-order chi connectivity index (χ0) is 13.9. The van der Waals surface area contributed by atoms with E-state index in [2.05, 4.69) is 68.2 Å². The van der Waals surface area contributed by atoms with Gasteiger partial charge in [0.15, 0.2) is 0 Å². The van der Waals surface area contributed by atoms with Crippen LogP contribution in [0.25, 0.3) is 0 Å². The number of likely N-dealkylation sites (tertiary alicyclic amines) is 1. The molecule has 0 bridgehead atoms. The molecule has 0 radical (unpaired) electrons. The van der Waals surface area contributed by atoms with E-state index in [1.165, 1.54) is 31.5 Å². The molecule has 1 atom stereocenters. The third-order valence-electron chi connectivity index (χ3n) is 4.23. The van der Waals surface area contributed by atoms with Crippen LogP contribution < -0.4 is 5.32 Å². The maximum Gasteiger partial charge on any atom is 0.0294 e. The van der Waals surface area contributed by atoms with Crippen LogP contribution in [-0.4, -0.2) is 29.6 Å². The number of hydrogen-bond donors (Lipinski definition) is 1. The normalized spacial score (nSPS) is 20.4. The highest BCUT2D eigenvalue weighted by molar-refractivity contribution is 5.18. The van der Waals surface area contributed by atoms with Gasteiger partial charge in [-0.25, -0.2) is 0 Å². The van der Waals surface area contributed by atoms with Crippen molar-refractivity contribution >= 4 is 0 Å². The highest BCUT2D eigenvalue weighted by Crippen LogP contribution is 2.22. The Kier molecular flexibility index (Phi) is 4.64. The Balaban J connectivity index is 1.83. The van der Waals surface area contributed by atoms with Crippen molar-refractivity contribution in [3.8, 4) is 0 Å². The highest BCUT2D eigenvalue weighted by atomic mass is 15.2. The van der Waals surface area contributed by atoms with E-state index in [4.69, 9.17) is 0 Å². The summed E-state index contributed by atoms with van der Waals surface area (Å²) >= 11 is 0. The Morgan fingerprint density at radius 3 is 2.21 bits per heavy atom. The molecular weight excluding hydrogens is 232 g/mol. The van der Waals surface area contributed by atoms with Crippen LogP contribution in [-0.2, 0) is 0 Å². The van der Waals surface area contributed by atoms with Gasteiger partial charge in [-0.2, -0.15) is 0 Å². The Hall–Kier alpha value is -0.860. The molecule has 0 saturated carbocycles. The van der Waals surface area contributed by atoms with Crippen LogP contribution in [0.5, 0.6) is 0 Å². The lowest BCUT2D eigenvalue weighted by Gasteiger charge is -2.41. The van der Waals surface area contributed by atoms with Crippen molar-refractivity contribution in [3.63, 3.8) is 0 Å². The van der Waals surface area contributed by atoms with Gasteiger partial charge in [-0.05, 0) is 46.1 Å². The quantitative estimate of drug-likeness (QED) is 0.893. The SMILES string of the molecule is CC(NC1CCN(C(C)(C)C)CC1)c1ccccc1. The van der Waals surface area contributed by atoms with Gasteiger partial charge in [0.25, 0.3) is 0 Å². The van der Waals surface area contributed by atoms with Crippen molar-refractivity contribution in [2.24, 2.45) is 0 Å². The standard InChI is InChI=1S/C17H28N2/c1-14(15-8-6-5-7-9-15)18-16-10-12-19(13-11-16)17(2,3)4/h5-9,14,16,18H,10-13H2,1-4H3. The van der Waals surface area contributed by atoms with Crippen LogP contribution >= 0.6 is 0 Å². The number of nitrogens with zero attached hydrogens (tertiary/aromatic N) is 1. The van der Waals surface area contributed by atoms with Crippen molar-refractivity contribution in [1.82, 2.24) is 10.2 Å². The monoisotopic (exact) mass is 260 g/mol. The first-order valence-corrected chi connectivity index (χ1v) is 7.53. The van der Waals surface area contributed by atoms with Crippen LogP contribution in [0.4, 0.5) is 0 Å². The third kappa shape index (κ3) is 4.05. The van der Waals surface area contributed by atoms with Crippen molar-refractivity contribution in [1.29, 1.82) is 0 Å². The van der Waals surface area contributed by atoms with Gasteiger partial charge in [-0.1, -0.05) is 30.3 Å².